The van der Waals surface area contributed by atoms with Crippen molar-refractivity contribution >= 4 is 27.5 Å². The van der Waals surface area contributed by atoms with Crippen molar-refractivity contribution in [2.45, 2.75) is 18.4 Å². The average molecular weight is 338 g/mol. The highest BCUT2D eigenvalue weighted by molar-refractivity contribution is 9.10. The molecule has 0 aliphatic heterocycles. The molecule has 1 nitrogen and oxygen atoms in total. The molecule has 1 aliphatic rings. The van der Waals surface area contributed by atoms with Crippen LogP contribution in [0.4, 0.5) is 0 Å². The minimum absolute atomic E-state index is 0.272. The quantitative estimate of drug-likeness (QED) is 0.841. The van der Waals surface area contributed by atoms with Crippen molar-refractivity contribution in [2.24, 2.45) is 5.92 Å². The number of aliphatic hydroxyl groups excluding tert-OH is 1. The van der Waals surface area contributed by atoms with Gasteiger partial charge in [-0.1, -0.05) is 54.1 Å². The maximum Gasteiger partial charge on any atom is 0.0839 e. The summed E-state index contributed by atoms with van der Waals surface area (Å²) in [6.07, 6.45) is 0.531. The summed E-state index contributed by atoms with van der Waals surface area (Å²) in [5.41, 5.74) is 2.12. The predicted molar refractivity (Wildman–Crippen MR) is 81.4 cm³/mol. The van der Waals surface area contributed by atoms with Crippen molar-refractivity contribution in [3.63, 3.8) is 0 Å². The number of hydrogen-bond donors (Lipinski definition) is 1. The summed E-state index contributed by atoms with van der Waals surface area (Å²) in [6.45, 7) is 0. The summed E-state index contributed by atoms with van der Waals surface area (Å²) in [4.78, 5) is 0. The lowest BCUT2D eigenvalue weighted by Gasteiger charge is -2.13. The first kappa shape index (κ1) is 13.2. The number of aliphatic hydroxyl groups is 1. The highest BCUT2D eigenvalue weighted by Gasteiger charge is 2.44. The van der Waals surface area contributed by atoms with Gasteiger partial charge in [0.2, 0.25) is 0 Å². The van der Waals surface area contributed by atoms with Gasteiger partial charge in [0.05, 0.1) is 11.1 Å². The first-order valence-electron chi connectivity index (χ1n) is 6.35. The van der Waals surface area contributed by atoms with Crippen molar-refractivity contribution < 1.29 is 5.11 Å². The summed E-state index contributed by atoms with van der Waals surface area (Å²) in [5.74, 6) is 0.723. The fourth-order valence-corrected chi connectivity index (χ4v) is 3.25. The Hall–Kier alpha value is -0.830. The SMILES string of the molecule is OC(c1cccc(Br)c1Cl)C1CC1c1ccccc1. The van der Waals surface area contributed by atoms with Crippen molar-refractivity contribution in [1.29, 1.82) is 0 Å². The minimum atomic E-state index is -0.491. The molecule has 0 bridgehead atoms. The summed E-state index contributed by atoms with van der Waals surface area (Å²) in [6, 6.07) is 16.1. The molecule has 0 saturated heterocycles. The third kappa shape index (κ3) is 2.58. The molecule has 2 aromatic rings. The molecule has 0 heterocycles. The van der Waals surface area contributed by atoms with Crippen LogP contribution < -0.4 is 0 Å². The van der Waals surface area contributed by atoms with Crippen LogP contribution in [0.5, 0.6) is 0 Å². The van der Waals surface area contributed by atoms with Crippen LogP contribution >= 0.6 is 27.5 Å². The maximum absolute atomic E-state index is 10.5. The van der Waals surface area contributed by atoms with Gasteiger partial charge in [-0.2, -0.15) is 0 Å². The molecule has 2 aromatic carbocycles. The topological polar surface area (TPSA) is 20.2 Å². The monoisotopic (exact) mass is 336 g/mol. The third-order valence-corrected chi connectivity index (χ3v) is 5.08. The second-order valence-electron chi connectivity index (χ2n) is 5.00. The smallest absolute Gasteiger partial charge is 0.0839 e. The summed E-state index contributed by atoms with van der Waals surface area (Å²) in [7, 11) is 0. The Bertz CT molecular complexity index is 585. The van der Waals surface area contributed by atoms with Crippen LogP contribution in [0.25, 0.3) is 0 Å². The van der Waals surface area contributed by atoms with E-state index in [1.54, 1.807) is 0 Å². The van der Waals surface area contributed by atoms with E-state index in [2.05, 4.69) is 28.1 Å². The van der Waals surface area contributed by atoms with Crippen molar-refractivity contribution in [3.8, 4) is 0 Å². The summed E-state index contributed by atoms with van der Waals surface area (Å²) >= 11 is 9.65. The van der Waals surface area contributed by atoms with Crippen molar-refractivity contribution in [3.05, 3.63) is 69.2 Å². The highest BCUT2D eigenvalue weighted by atomic mass is 79.9. The molecule has 1 N–H and O–H groups in total. The predicted octanol–water partition coefficient (Wildman–Crippen LogP) is 4.94. The minimum Gasteiger partial charge on any atom is -0.388 e. The number of rotatable bonds is 3. The Morgan fingerprint density at radius 3 is 2.58 bits per heavy atom. The fourth-order valence-electron chi connectivity index (χ4n) is 2.63. The lowest BCUT2D eigenvalue weighted by molar-refractivity contribution is 0.151. The number of hydrogen-bond acceptors (Lipinski definition) is 1. The van der Waals surface area contributed by atoms with Crippen LogP contribution in [-0.2, 0) is 0 Å². The number of benzene rings is 2. The van der Waals surface area contributed by atoms with Gasteiger partial charge in [-0.05, 0) is 45.8 Å². The van der Waals surface area contributed by atoms with Crippen LogP contribution in [0.15, 0.2) is 53.0 Å². The molecule has 1 fully saturated rings. The Labute approximate surface area is 126 Å². The molecule has 98 valence electrons. The van der Waals surface area contributed by atoms with E-state index in [1.807, 2.05) is 36.4 Å². The van der Waals surface area contributed by atoms with Crippen LogP contribution in [0.2, 0.25) is 5.02 Å². The third-order valence-electron chi connectivity index (χ3n) is 3.77. The van der Waals surface area contributed by atoms with Gasteiger partial charge in [-0.3, -0.25) is 0 Å². The highest BCUT2D eigenvalue weighted by Crippen LogP contribution is 2.55. The van der Waals surface area contributed by atoms with E-state index in [0.717, 1.165) is 16.5 Å². The van der Waals surface area contributed by atoms with Crippen LogP contribution in [0, 0.1) is 5.92 Å². The first-order valence-corrected chi connectivity index (χ1v) is 7.52. The van der Waals surface area contributed by atoms with E-state index >= 15 is 0 Å². The molecule has 3 atom stereocenters. The maximum atomic E-state index is 10.5. The van der Waals surface area contributed by atoms with Gasteiger partial charge in [-0.25, -0.2) is 0 Å². The van der Waals surface area contributed by atoms with Gasteiger partial charge in [0.25, 0.3) is 0 Å². The average Bonchev–Trinajstić information content (AvgIpc) is 3.22. The van der Waals surface area contributed by atoms with E-state index in [4.69, 9.17) is 11.6 Å². The van der Waals surface area contributed by atoms with Gasteiger partial charge in [0, 0.05) is 10.0 Å². The second-order valence-corrected chi connectivity index (χ2v) is 6.24. The summed E-state index contributed by atoms with van der Waals surface area (Å²) in [5, 5.41) is 11.1. The molecule has 19 heavy (non-hydrogen) atoms. The lowest BCUT2D eigenvalue weighted by Crippen LogP contribution is -2.02. The zero-order valence-corrected chi connectivity index (χ0v) is 12.6. The van der Waals surface area contributed by atoms with Crippen LogP contribution in [0.1, 0.15) is 29.6 Å². The molecule has 3 unspecified atom stereocenters. The van der Waals surface area contributed by atoms with Gasteiger partial charge < -0.3 is 5.11 Å². The van der Waals surface area contributed by atoms with Gasteiger partial charge >= 0.3 is 0 Å². The molecule has 1 saturated carbocycles. The van der Waals surface area contributed by atoms with Gasteiger partial charge in [0.1, 0.15) is 0 Å². The Morgan fingerprint density at radius 2 is 1.84 bits per heavy atom. The van der Waals surface area contributed by atoms with Crippen molar-refractivity contribution in [2.75, 3.05) is 0 Å². The van der Waals surface area contributed by atoms with E-state index in [0.29, 0.717) is 10.9 Å². The van der Waals surface area contributed by atoms with E-state index in [-0.39, 0.29) is 5.92 Å². The molecular weight excluding hydrogens is 324 g/mol. The Morgan fingerprint density at radius 1 is 1.11 bits per heavy atom. The van der Waals surface area contributed by atoms with Gasteiger partial charge in [-0.15, -0.1) is 0 Å². The van der Waals surface area contributed by atoms with E-state index in [9.17, 15) is 5.11 Å². The Balaban J connectivity index is 1.80. The van der Waals surface area contributed by atoms with Gasteiger partial charge in [0.15, 0.2) is 0 Å². The molecule has 0 amide bonds. The normalized spacial score (nSPS) is 23.1. The standard InChI is InChI=1S/C16H14BrClO/c17-14-8-4-7-11(15(14)18)16(19)13-9-12(13)10-5-2-1-3-6-10/h1-8,12-13,16,19H,9H2. The van der Waals surface area contributed by atoms with Crippen molar-refractivity contribution in [1.82, 2.24) is 0 Å². The zero-order chi connectivity index (χ0) is 13.4. The molecule has 1 aliphatic carbocycles. The molecule has 3 rings (SSSR count). The first-order chi connectivity index (χ1) is 9.18. The van der Waals surface area contributed by atoms with Crippen LogP contribution in [0.3, 0.4) is 0 Å². The molecule has 0 aromatic heterocycles. The lowest BCUT2D eigenvalue weighted by atomic mass is 10.0. The molecular formula is C16H14BrClO. The largest absolute Gasteiger partial charge is 0.388 e. The molecule has 3 heteroatoms. The molecule has 0 spiro atoms. The fraction of sp³-hybridized carbons (Fsp3) is 0.250. The number of halogens is 2. The second kappa shape index (κ2) is 5.28. The van der Waals surface area contributed by atoms with Crippen LogP contribution in [-0.4, -0.2) is 5.11 Å². The van der Waals surface area contributed by atoms with E-state index < -0.39 is 6.10 Å². The molecule has 0 radical (unpaired) electrons. The zero-order valence-electron chi connectivity index (χ0n) is 10.3. The summed E-state index contributed by atoms with van der Waals surface area (Å²) < 4.78 is 0.836. The Kier molecular flexibility index (Phi) is 3.66. The van der Waals surface area contributed by atoms with E-state index in [1.165, 1.54) is 5.56 Å².